The van der Waals surface area contributed by atoms with Crippen molar-refractivity contribution in [1.82, 2.24) is 15.3 Å². The molecule has 4 N–H and O–H groups in total. The molecule has 6 nitrogen and oxygen atoms in total. The van der Waals surface area contributed by atoms with Gasteiger partial charge in [0.15, 0.2) is 0 Å². The summed E-state index contributed by atoms with van der Waals surface area (Å²) in [7, 11) is 0. The molecule has 6 heteroatoms. The number of rotatable bonds is 4. The number of primary amides is 1. The van der Waals surface area contributed by atoms with E-state index in [-0.39, 0.29) is 0 Å². The minimum absolute atomic E-state index is 0.341. The van der Waals surface area contributed by atoms with Crippen LogP contribution in [0.4, 0.5) is 5.82 Å². The van der Waals surface area contributed by atoms with Crippen molar-refractivity contribution in [2.45, 2.75) is 32.2 Å². The van der Waals surface area contributed by atoms with Gasteiger partial charge in [0.25, 0.3) is 5.91 Å². The highest BCUT2D eigenvalue weighted by Crippen LogP contribution is 2.25. The van der Waals surface area contributed by atoms with Crippen LogP contribution in [0, 0.1) is 0 Å². The summed E-state index contributed by atoms with van der Waals surface area (Å²) in [6.45, 7) is 3.98. The van der Waals surface area contributed by atoms with E-state index in [4.69, 9.17) is 5.73 Å². The van der Waals surface area contributed by atoms with Crippen LogP contribution in [-0.4, -0.2) is 35.0 Å². The summed E-state index contributed by atoms with van der Waals surface area (Å²) in [4.78, 5) is 20.8. The number of hydrogen-bond acceptors (Lipinski definition) is 5. The average Bonchev–Trinajstić information content (AvgIpc) is 2.55. The third-order valence-corrected chi connectivity index (χ3v) is 3.99. The lowest BCUT2D eigenvalue weighted by atomic mass is 10.1. The zero-order chi connectivity index (χ0) is 15.5. The molecule has 1 aromatic carbocycles. The van der Waals surface area contributed by atoms with Gasteiger partial charge in [0.1, 0.15) is 11.6 Å². The van der Waals surface area contributed by atoms with E-state index in [2.05, 4.69) is 20.6 Å². The summed E-state index contributed by atoms with van der Waals surface area (Å²) in [5, 5.41) is 7.73. The lowest BCUT2D eigenvalue weighted by molar-refractivity contribution is 0.100. The number of carbonyl (C=O) groups excluding carboxylic acids is 1. The molecular formula is C16H21N5O. The van der Waals surface area contributed by atoms with Crippen molar-refractivity contribution in [2.24, 2.45) is 5.73 Å². The van der Waals surface area contributed by atoms with E-state index < -0.39 is 5.91 Å². The van der Waals surface area contributed by atoms with Gasteiger partial charge in [-0.2, -0.15) is 0 Å². The fraction of sp³-hybridized carbons (Fsp3) is 0.438. The largest absolute Gasteiger partial charge is 0.366 e. The highest BCUT2D eigenvalue weighted by molar-refractivity contribution is 6.07. The second-order valence-electron chi connectivity index (χ2n) is 5.60. The Kier molecular flexibility index (Phi) is 4.20. The number of aromatic nitrogens is 2. The van der Waals surface area contributed by atoms with Crippen molar-refractivity contribution in [3.63, 3.8) is 0 Å². The summed E-state index contributed by atoms with van der Waals surface area (Å²) >= 11 is 0. The van der Waals surface area contributed by atoms with Gasteiger partial charge in [-0.05, 0) is 31.5 Å². The number of anilines is 1. The Bertz CT molecular complexity index is 694. The number of nitrogens with two attached hydrogens (primary N) is 1. The second kappa shape index (κ2) is 6.27. The first-order valence-corrected chi connectivity index (χ1v) is 7.75. The predicted octanol–water partition coefficient (Wildman–Crippen LogP) is 1.45. The number of nitrogens with one attached hydrogen (secondary N) is 2. The van der Waals surface area contributed by atoms with Gasteiger partial charge >= 0.3 is 0 Å². The molecule has 0 spiro atoms. The molecule has 1 aromatic heterocycles. The molecule has 1 aliphatic rings. The number of piperidine rings is 1. The molecule has 3 rings (SSSR count). The number of fused-ring (bicyclic) bond motifs is 1. The van der Waals surface area contributed by atoms with E-state index in [9.17, 15) is 4.79 Å². The van der Waals surface area contributed by atoms with Crippen LogP contribution < -0.4 is 16.4 Å². The van der Waals surface area contributed by atoms with Gasteiger partial charge in [0.05, 0.1) is 11.1 Å². The van der Waals surface area contributed by atoms with Crippen LogP contribution in [0.3, 0.4) is 0 Å². The molecule has 1 atom stereocenters. The summed E-state index contributed by atoms with van der Waals surface area (Å²) in [6.07, 6.45) is 2.96. The Morgan fingerprint density at radius 1 is 1.45 bits per heavy atom. The smallest absolute Gasteiger partial charge is 0.250 e. The molecule has 1 fully saturated rings. The van der Waals surface area contributed by atoms with Crippen LogP contribution in [0.15, 0.2) is 18.2 Å². The lowest BCUT2D eigenvalue weighted by Gasteiger charge is -2.25. The Labute approximate surface area is 129 Å². The second-order valence-corrected chi connectivity index (χ2v) is 5.60. The van der Waals surface area contributed by atoms with Crippen LogP contribution in [0.25, 0.3) is 10.9 Å². The molecule has 0 aliphatic carbocycles. The van der Waals surface area contributed by atoms with Crippen molar-refractivity contribution in [2.75, 3.05) is 18.4 Å². The third kappa shape index (κ3) is 2.87. The summed E-state index contributed by atoms with van der Waals surface area (Å²) in [6, 6.07) is 5.80. The normalized spacial score (nSPS) is 18.3. The number of benzene rings is 1. The van der Waals surface area contributed by atoms with Crippen molar-refractivity contribution in [3.05, 3.63) is 29.6 Å². The van der Waals surface area contributed by atoms with Crippen molar-refractivity contribution >= 4 is 22.6 Å². The minimum atomic E-state index is -0.461. The third-order valence-electron chi connectivity index (χ3n) is 3.99. The standard InChI is InChI=1S/C16H21N5O/c1-2-13-20-14-11(15(17)22)6-3-7-12(14)16(21-13)19-10-5-4-8-18-9-10/h3,6-7,10,18H,2,4-5,8-9H2,1H3,(H2,17,22)(H,19,20,21). The highest BCUT2D eigenvalue weighted by Gasteiger charge is 2.17. The fourth-order valence-corrected chi connectivity index (χ4v) is 2.83. The molecule has 0 saturated carbocycles. The Balaban J connectivity index is 2.07. The number of amides is 1. The van der Waals surface area contributed by atoms with E-state index in [1.807, 2.05) is 19.1 Å². The first-order valence-electron chi connectivity index (χ1n) is 7.75. The van der Waals surface area contributed by atoms with E-state index in [0.29, 0.717) is 29.4 Å². The molecule has 2 heterocycles. The maximum atomic E-state index is 11.6. The molecule has 1 amide bonds. The summed E-state index contributed by atoms with van der Waals surface area (Å²) < 4.78 is 0. The van der Waals surface area contributed by atoms with E-state index in [1.165, 1.54) is 0 Å². The zero-order valence-electron chi connectivity index (χ0n) is 12.7. The quantitative estimate of drug-likeness (QED) is 0.794. The molecule has 116 valence electrons. The average molecular weight is 299 g/mol. The number of carbonyl (C=O) groups is 1. The van der Waals surface area contributed by atoms with Gasteiger partial charge in [-0.1, -0.05) is 13.0 Å². The van der Waals surface area contributed by atoms with Gasteiger partial charge in [-0.15, -0.1) is 0 Å². The Hall–Kier alpha value is -2.21. The monoisotopic (exact) mass is 299 g/mol. The highest BCUT2D eigenvalue weighted by atomic mass is 16.1. The van der Waals surface area contributed by atoms with Gasteiger partial charge < -0.3 is 16.4 Å². The van der Waals surface area contributed by atoms with Crippen LogP contribution in [-0.2, 0) is 6.42 Å². The number of para-hydroxylation sites is 1. The molecule has 1 aliphatic heterocycles. The van der Waals surface area contributed by atoms with Crippen LogP contribution in [0.5, 0.6) is 0 Å². The van der Waals surface area contributed by atoms with Crippen molar-refractivity contribution < 1.29 is 4.79 Å². The molecule has 1 unspecified atom stereocenters. The van der Waals surface area contributed by atoms with Crippen LogP contribution in [0.2, 0.25) is 0 Å². The van der Waals surface area contributed by atoms with Gasteiger partial charge in [-0.3, -0.25) is 4.79 Å². The maximum absolute atomic E-state index is 11.6. The van der Waals surface area contributed by atoms with E-state index >= 15 is 0 Å². The first kappa shape index (κ1) is 14.7. The SMILES string of the molecule is CCc1nc(NC2CCCNC2)c2cccc(C(N)=O)c2n1. The lowest BCUT2D eigenvalue weighted by Crippen LogP contribution is -2.38. The molecule has 2 aromatic rings. The van der Waals surface area contributed by atoms with Crippen LogP contribution >= 0.6 is 0 Å². The number of nitrogens with zero attached hydrogens (tertiary/aromatic N) is 2. The minimum Gasteiger partial charge on any atom is -0.366 e. The van der Waals surface area contributed by atoms with Gasteiger partial charge in [0, 0.05) is 24.4 Å². The molecular weight excluding hydrogens is 278 g/mol. The van der Waals surface area contributed by atoms with Gasteiger partial charge in [-0.25, -0.2) is 9.97 Å². The maximum Gasteiger partial charge on any atom is 0.250 e. The molecule has 22 heavy (non-hydrogen) atoms. The zero-order valence-corrected chi connectivity index (χ0v) is 12.7. The topological polar surface area (TPSA) is 92.9 Å². The number of aryl methyl sites for hydroxylation is 1. The van der Waals surface area contributed by atoms with Gasteiger partial charge in [0.2, 0.25) is 0 Å². The first-order chi connectivity index (χ1) is 10.7. The van der Waals surface area contributed by atoms with Crippen LogP contribution in [0.1, 0.15) is 35.9 Å². The Morgan fingerprint density at radius 3 is 3.00 bits per heavy atom. The summed E-state index contributed by atoms with van der Waals surface area (Å²) in [5.41, 5.74) is 6.55. The van der Waals surface area contributed by atoms with E-state index in [1.54, 1.807) is 6.07 Å². The molecule has 1 saturated heterocycles. The fourth-order valence-electron chi connectivity index (χ4n) is 2.83. The van der Waals surface area contributed by atoms with Crippen molar-refractivity contribution in [3.8, 4) is 0 Å². The Morgan fingerprint density at radius 2 is 2.32 bits per heavy atom. The predicted molar refractivity (Wildman–Crippen MR) is 86.9 cm³/mol. The van der Waals surface area contributed by atoms with Crippen molar-refractivity contribution in [1.29, 1.82) is 0 Å². The molecule has 0 radical (unpaired) electrons. The van der Waals surface area contributed by atoms with E-state index in [0.717, 1.165) is 37.1 Å². The number of hydrogen-bond donors (Lipinski definition) is 3. The molecule has 0 bridgehead atoms. The summed E-state index contributed by atoms with van der Waals surface area (Å²) in [5.74, 6) is 1.04.